The molecular formula is C24H32ClN3ORuS2. The van der Waals surface area contributed by atoms with Crippen LogP contribution in [0.1, 0.15) is 18.1 Å². The third kappa shape index (κ3) is 14.8. The largest absolute Gasteiger partial charge is 2.00 e. The van der Waals surface area contributed by atoms with Gasteiger partial charge in [-0.15, -0.1) is 23.9 Å². The van der Waals surface area contributed by atoms with Crippen molar-refractivity contribution >= 4 is 47.4 Å². The molecule has 0 spiro atoms. The summed E-state index contributed by atoms with van der Waals surface area (Å²) in [5, 5.41) is 0.717. The van der Waals surface area contributed by atoms with E-state index in [2.05, 4.69) is 53.1 Å². The van der Waals surface area contributed by atoms with Gasteiger partial charge in [0.15, 0.2) is 0 Å². The zero-order valence-corrected chi connectivity index (χ0v) is 23.6. The Labute approximate surface area is 221 Å². The fourth-order valence-corrected chi connectivity index (χ4v) is 2.97. The van der Waals surface area contributed by atoms with Gasteiger partial charge in [0.1, 0.15) is 5.75 Å². The molecule has 0 aliphatic heterocycles. The number of aliphatic imine (C=N–C) groups is 1. The van der Waals surface area contributed by atoms with Crippen molar-refractivity contribution in [1.29, 1.82) is 0 Å². The average Bonchev–Trinajstić information content (AvgIpc) is 2.78. The number of ether oxygens (including phenoxy) is 1. The Morgan fingerprint density at radius 2 is 1.81 bits per heavy atom. The fourth-order valence-electron chi connectivity index (χ4n) is 2.08. The van der Waals surface area contributed by atoms with Crippen molar-refractivity contribution < 1.29 is 24.2 Å². The third-order valence-corrected chi connectivity index (χ3v) is 5.53. The van der Waals surface area contributed by atoms with E-state index in [-0.39, 0.29) is 19.5 Å². The molecule has 0 aliphatic carbocycles. The van der Waals surface area contributed by atoms with Crippen molar-refractivity contribution in [1.82, 2.24) is 8.61 Å². The molecule has 0 fully saturated rings. The normalized spacial score (nSPS) is 9.88. The van der Waals surface area contributed by atoms with Crippen LogP contribution < -0.4 is 4.74 Å². The van der Waals surface area contributed by atoms with Gasteiger partial charge in [-0.25, -0.2) is 0 Å². The van der Waals surface area contributed by atoms with Gasteiger partial charge in [-0.3, -0.25) is 4.99 Å². The maximum absolute atomic E-state index is 5.82. The molecule has 2 rings (SSSR count). The maximum Gasteiger partial charge on any atom is 2.00 e. The van der Waals surface area contributed by atoms with Gasteiger partial charge in [0.05, 0.1) is 12.8 Å². The molecule has 0 bridgehead atoms. The average molecular weight is 579 g/mol. The van der Waals surface area contributed by atoms with Crippen LogP contribution in [0, 0.1) is 32.9 Å². The number of rotatable bonds is 8. The SMILES string of the molecule is C#C[CH2-].CCN([CH-]N(C)SC)SC.COc1ccc(C=Nc2ccc(Cl)cc2)c(C)c1.[Ru+2]. The number of benzene rings is 2. The number of hydrogen-bond acceptors (Lipinski definition) is 6. The Morgan fingerprint density at radius 3 is 2.25 bits per heavy atom. The molecule has 0 N–H and O–H groups in total. The Kier molecular flexibility index (Phi) is 21.1. The number of aryl methyl sites for hydroxylation is 1. The second kappa shape index (κ2) is 20.5. The molecule has 0 radical (unpaired) electrons. The van der Waals surface area contributed by atoms with Gasteiger partial charge >= 0.3 is 19.5 Å². The molecule has 0 aliphatic rings. The molecule has 0 saturated carbocycles. The minimum absolute atomic E-state index is 0. The molecule has 8 heteroatoms. The van der Waals surface area contributed by atoms with E-state index in [1.165, 1.54) is 0 Å². The first-order valence-corrected chi connectivity index (χ1v) is 12.2. The molecule has 176 valence electrons. The fraction of sp³-hybridized carbons (Fsp3) is 0.292. The first-order valence-electron chi connectivity index (χ1n) is 9.44. The Hall–Kier alpha value is -1.13. The van der Waals surface area contributed by atoms with Crippen LogP contribution in [0.2, 0.25) is 5.02 Å². The van der Waals surface area contributed by atoms with Crippen LogP contribution in [0.15, 0.2) is 47.5 Å². The predicted molar refractivity (Wildman–Crippen MR) is 142 cm³/mol. The van der Waals surface area contributed by atoms with E-state index in [0.717, 1.165) is 34.1 Å². The molecule has 0 amide bonds. The summed E-state index contributed by atoms with van der Waals surface area (Å²) in [6.45, 7) is 10.3. The molecule has 0 aromatic heterocycles. The molecule has 2 aromatic rings. The zero-order chi connectivity index (χ0) is 23.6. The first-order chi connectivity index (χ1) is 14.8. The molecule has 0 heterocycles. The van der Waals surface area contributed by atoms with Crippen LogP contribution >= 0.6 is 35.5 Å². The molecular weight excluding hydrogens is 547 g/mol. The number of nitrogens with zero attached hydrogens (tertiary/aromatic N) is 3. The van der Waals surface area contributed by atoms with Gasteiger partial charge in [0.25, 0.3) is 0 Å². The summed E-state index contributed by atoms with van der Waals surface area (Å²) >= 11 is 9.26. The summed E-state index contributed by atoms with van der Waals surface area (Å²) in [7, 11) is 3.71. The summed E-state index contributed by atoms with van der Waals surface area (Å²) in [6.07, 6.45) is 10.5. The Bertz CT molecular complexity index is 810. The van der Waals surface area contributed by atoms with E-state index >= 15 is 0 Å². The standard InChI is InChI=1S/C15H14ClNO.C6H15N2S2.C3H3.Ru/c1-11-9-15(18-2)8-3-12(11)10-17-14-6-4-13(16)5-7-14;1-5-8(10-4)6-7(2)9-3;1-3-2;/h3-10H,1-2H3;6H,5H2,1-4H3;1H,2H2;/q;2*-1;+2. The summed E-state index contributed by atoms with van der Waals surface area (Å²) in [5.41, 5.74) is 3.09. The summed E-state index contributed by atoms with van der Waals surface area (Å²) in [5.74, 6) is 2.86. The molecule has 0 saturated heterocycles. The topological polar surface area (TPSA) is 28.1 Å². The minimum atomic E-state index is 0. The molecule has 2 aromatic carbocycles. The number of terminal acetylenes is 1. The van der Waals surface area contributed by atoms with Crippen molar-refractivity contribution in [2.75, 3.05) is 33.2 Å². The number of hydrogen-bond donors (Lipinski definition) is 0. The van der Waals surface area contributed by atoms with Gasteiger partial charge in [-0.1, -0.05) is 18.5 Å². The number of methoxy groups -OCH3 is 1. The molecule has 4 nitrogen and oxygen atoms in total. The van der Waals surface area contributed by atoms with Gasteiger partial charge in [0, 0.05) is 11.2 Å². The van der Waals surface area contributed by atoms with Gasteiger partial charge in [-0.2, -0.15) is 13.6 Å². The van der Waals surface area contributed by atoms with Crippen molar-refractivity contribution in [2.24, 2.45) is 4.99 Å². The van der Waals surface area contributed by atoms with Crippen LogP contribution in [0.3, 0.4) is 0 Å². The minimum Gasteiger partial charge on any atom is -0.497 e. The van der Waals surface area contributed by atoms with E-state index in [4.69, 9.17) is 16.3 Å². The van der Waals surface area contributed by atoms with Gasteiger partial charge in [-0.05, 0) is 86.6 Å². The van der Waals surface area contributed by atoms with Gasteiger partial charge in [0.2, 0.25) is 0 Å². The van der Waals surface area contributed by atoms with Gasteiger partial charge < -0.3 is 25.7 Å². The third-order valence-electron chi connectivity index (χ3n) is 3.78. The van der Waals surface area contributed by atoms with Crippen LogP contribution in [-0.2, 0) is 19.5 Å². The molecule has 0 atom stereocenters. The quantitative estimate of drug-likeness (QED) is 0.113. The molecule has 32 heavy (non-hydrogen) atoms. The van der Waals surface area contributed by atoms with Crippen molar-refractivity contribution in [3.8, 4) is 18.1 Å². The van der Waals surface area contributed by atoms with E-state index < -0.39 is 0 Å². The number of halogens is 1. The maximum atomic E-state index is 5.82. The molecule has 0 unspecified atom stereocenters. The second-order valence-electron chi connectivity index (χ2n) is 5.92. The van der Waals surface area contributed by atoms with Crippen LogP contribution in [0.5, 0.6) is 5.75 Å². The Morgan fingerprint density at radius 1 is 1.22 bits per heavy atom. The monoisotopic (exact) mass is 579 g/mol. The summed E-state index contributed by atoms with van der Waals surface area (Å²) < 4.78 is 9.43. The van der Waals surface area contributed by atoms with Crippen LogP contribution in [0.25, 0.3) is 0 Å². The van der Waals surface area contributed by atoms with E-state index in [1.807, 2.05) is 68.6 Å². The smallest absolute Gasteiger partial charge is 0.497 e. The van der Waals surface area contributed by atoms with Crippen LogP contribution in [-0.4, -0.2) is 48.0 Å². The van der Waals surface area contributed by atoms with Crippen molar-refractivity contribution in [3.05, 3.63) is 72.2 Å². The van der Waals surface area contributed by atoms with E-state index in [9.17, 15) is 0 Å². The Balaban J connectivity index is 0. The van der Waals surface area contributed by atoms with Crippen molar-refractivity contribution in [3.63, 3.8) is 0 Å². The first kappa shape index (κ1) is 33.0. The van der Waals surface area contributed by atoms with Crippen molar-refractivity contribution in [2.45, 2.75) is 13.8 Å². The second-order valence-corrected chi connectivity index (χ2v) is 8.13. The van der Waals surface area contributed by atoms with E-state index in [1.54, 1.807) is 31.0 Å². The zero-order valence-electron chi connectivity index (χ0n) is 19.5. The van der Waals surface area contributed by atoms with Crippen LogP contribution in [0.4, 0.5) is 5.69 Å². The van der Waals surface area contributed by atoms with E-state index in [0.29, 0.717) is 0 Å². The predicted octanol–water partition coefficient (Wildman–Crippen LogP) is 6.77. The summed E-state index contributed by atoms with van der Waals surface area (Å²) in [6, 6.07) is 13.3. The summed E-state index contributed by atoms with van der Waals surface area (Å²) in [4.78, 5) is 4.41.